The Morgan fingerprint density at radius 3 is 2.52 bits per heavy atom. The van der Waals surface area contributed by atoms with Crippen LogP contribution in [0.15, 0.2) is 42.5 Å². The van der Waals surface area contributed by atoms with Crippen LogP contribution < -0.4 is 15.1 Å². The molecule has 1 heterocycles. The first kappa shape index (κ1) is 18.2. The molecule has 0 unspecified atom stereocenters. The van der Waals surface area contributed by atoms with Crippen molar-refractivity contribution in [1.82, 2.24) is 0 Å². The largest absolute Gasteiger partial charge is 0.322 e. The molecule has 2 aromatic carbocycles. The van der Waals surface area contributed by atoms with E-state index >= 15 is 0 Å². The van der Waals surface area contributed by atoms with Gasteiger partial charge in [-0.2, -0.15) is 0 Å². The first-order chi connectivity index (χ1) is 13.2. The number of carbonyl (C=O) groups excluding carboxylic acids is 1. The number of amides is 1. The maximum atomic E-state index is 12.5. The van der Waals surface area contributed by atoms with E-state index < -0.39 is 0 Å². The summed E-state index contributed by atoms with van der Waals surface area (Å²) in [6.07, 6.45) is 3.57. The number of rotatable bonds is 5. The van der Waals surface area contributed by atoms with E-state index in [-0.39, 0.29) is 5.91 Å². The van der Waals surface area contributed by atoms with Gasteiger partial charge in [0.25, 0.3) is 5.91 Å². The second-order valence-corrected chi connectivity index (χ2v) is 8.17. The van der Waals surface area contributed by atoms with Gasteiger partial charge in [0, 0.05) is 11.3 Å². The molecule has 0 radical (unpaired) electrons. The van der Waals surface area contributed by atoms with Crippen molar-refractivity contribution in [2.45, 2.75) is 32.7 Å². The highest BCUT2D eigenvalue weighted by molar-refractivity contribution is 5.91. The number of quaternary nitrogens is 2. The number of piperazine rings is 1. The Kier molecular flexibility index (Phi) is 5.55. The summed E-state index contributed by atoms with van der Waals surface area (Å²) in [5.41, 5.74) is 6.66. The van der Waals surface area contributed by atoms with Gasteiger partial charge in [-0.05, 0) is 55.0 Å². The van der Waals surface area contributed by atoms with Gasteiger partial charge in [-0.15, -0.1) is 0 Å². The number of nitrogens with one attached hydrogen (secondary N) is 3. The van der Waals surface area contributed by atoms with Crippen LogP contribution in [0.25, 0.3) is 0 Å². The first-order valence-electron chi connectivity index (χ1n) is 10.3. The van der Waals surface area contributed by atoms with Crippen molar-refractivity contribution >= 4 is 11.6 Å². The van der Waals surface area contributed by atoms with E-state index in [0.717, 1.165) is 44.8 Å². The first-order valence-corrected chi connectivity index (χ1v) is 10.3. The van der Waals surface area contributed by atoms with Crippen molar-refractivity contribution < 1.29 is 14.6 Å². The Balaban J connectivity index is 1.24. The fraction of sp³-hybridized carbons (Fsp3) is 0.435. The zero-order valence-corrected chi connectivity index (χ0v) is 16.3. The molecule has 0 spiro atoms. The molecule has 0 saturated carbocycles. The Morgan fingerprint density at radius 2 is 1.70 bits per heavy atom. The molecule has 2 aliphatic rings. The van der Waals surface area contributed by atoms with E-state index in [0.29, 0.717) is 6.54 Å². The highest BCUT2D eigenvalue weighted by Crippen LogP contribution is 2.24. The molecule has 1 aliphatic carbocycles. The van der Waals surface area contributed by atoms with Gasteiger partial charge >= 0.3 is 0 Å². The Bertz CT molecular complexity index is 809. The SMILES string of the molecule is Cc1ccccc1C[NH+]1CC[NH+](CC(=O)Nc2ccc3c(c2)CCC3)CC1. The zero-order valence-electron chi connectivity index (χ0n) is 16.3. The number of benzene rings is 2. The highest BCUT2D eigenvalue weighted by atomic mass is 16.2. The monoisotopic (exact) mass is 365 g/mol. The van der Waals surface area contributed by atoms with Crippen molar-refractivity contribution in [2.75, 3.05) is 38.0 Å². The molecule has 142 valence electrons. The third-order valence-corrected chi connectivity index (χ3v) is 6.16. The second-order valence-electron chi connectivity index (χ2n) is 8.17. The number of hydrogen-bond donors (Lipinski definition) is 3. The van der Waals surface area contributed by atoms with Crippen molar-refractivity contribution in [3.63, 3.8) is 0 Å². The maximum absolute atomic E-state index is 12.5. The Hall–Kier alpha value is -2.17. The average Bonchev–Trinajstić information content (AvgIpc) is 3.13. The van der Waals surface area contributed by atoms with Crippen LogP contribution in [0.5, 0.6) is 0 Å². The summed E-state index contributed by atoms with van der Waals surface area (Å²) in [6, 6.07) is 15.1. The lowest BCUT2D eigenvalue weighted by Crippen LogP contribution is -3.28. The van der Waals surface area contributed by atoms with Crippen LogP contribution in [-0.2, 0) is 24.2 Å². The quantitative estimate of drug-likeness (QED) is 0.705. The Labute approximate surface area is 162 Å². The molecule has 0 bridgehead atoms. The molecule has 0 atom stereocenters. The van der Waals surface area contributed by atoms with Gasteiger partial charge in [-0.25, -0.2) is 0 Å². The van der Waals surface area contributed by atoms with E-state index in [9.17, 15) is 4.79 Å². The minimum Gasteiger partial charge on any atom is -0.322 e. The van der Waals surface area contributed by atoms with Crippen LogP contribution >= 0.6 is 0 Å². The normalized spacial score (nSPS) is 21.7. The summed E-state index contributed by atoms with van der Waals surface area (Å²) in [7, 11) is 0. The molecule has 3 N–H and O–H groups in total. The lowest BCUT2D eigenvalue weighted by Gasteiger charge is -2.29. The van der Waals surface area contributed by atoms with Crippen molar-refractivity contribution in [1.29, 1.82) is 0 Å². The lowest BCUT2D eigenvalue weighted by atomic mass is 10.1. The molecule has 27 heavy (non-hydrogen) atoms. The summed E-state index contributed by atoms with van der Waals surface area (Å²) < 4.78 is 0. The van der Waals surface area contributed by atoms with Gasteiger partial charge in [0.1, 0.15) is 32.7 Å². The molecule has 4 heteroatoms. The molecule has 1 saturated heterocycles. The third kappa shape index (κ3) is 4.57. The predicted octanol–water partition coefficient (Wildman–Crippen LogP) is 0.406. The highest BCUT2D eigenvalue weighted by Gasteiger charge is 2.25. The van der Waals surface area contributed by atoms with Crippen LogP contribution in [0, 0.1) is 6.92 Å². The fourth-order valence-electron chi connectivity index (χ4n) is 4.47. The van der Waals surface area contributed by atoms with E-state index in [1.807, 2.05) is 0 Å². The molecule has 1 amide bonds. The van der Waals surface area contributed by atoms with Crippen LogP contribution in [0.2, 0.25) is 0 Å². The molecule has 1 aliphatic heterocycles. The molecule has 0 aromatic heterocycles. The molecule has 4 rings (SSSR count). The van der Waals surface area contributed by atoms with Gasteiger partial charge in [0.15, 0.2) is 6.54 Å². The van der Waals surface area contributed by atoms with E-state index in [1.165, 1.54) is 40.0 Å². The Morgan fingerprint density at radius 1 is 0.963 bits per heavy atom. The third-order valence-electron chi connectivity index (χ3n) is 6.16. The maximum Gasteiger partial charge on any atom is 0.279 e. The summed E-state index contributed by atoms with van der Waals surface area (Å²) >= 11 is 0. The number of anilines is 1. The number of carbonyl (C=O) groups is 1. The molecular formula is C23H31N3O+2. The topological polar surface area (TPSA) is 38.0 Å². The summed E-state index contributed by atoms with van der Waals surface area (Å²) in [4.78, 5) is 15.5. The summed E-state index contributed by atoms with van der Waals surface area (Å²) in [6.45, 7) is 8.28. The van der Waals surface area contributed by atoms with E-state index in [2.05, 4.69) is 54.7 Å². The minimum absolute atomic E-state index is 0.144. The number of fused-ring (bicyclic) bond motifs is 1. The predicted molar refractivity (Wildman–Crippen MR) is 108 cm³/mol. The van der Waals surface area contributed by atoms with Crippen molar-refractivity contribution in [2.24, 2.45) is 0 Å². The van der Waals surface area contributed by atoms with E-state index in [1.54, 1.807) is 4.90 Å². The fourth-order valence-corrected chi connectivity index (χ4v) is 4.47. The summed E-state index contributed by atoms with van der Waals surface area (Å²) in [5.74, 6) is 0.144. The van der Waals surface area contributed by atoms with Gasteiger partial charge < -0.3 is 15.1 Å². The van der Waals surface area contributed by atoms with Gasteiger partial charge in [0.2, 0.25) is 0 Å². The van der Waals surface area contributed by atoms with Crippen LogP contribution in [-0.4, -0.2) is 38.6 Å². The van der Waals surface area contributed by atoms with Crippen molar-refractivity contribution in [3.05, 3.63) is 64.7 Å². The zero-order chi connectivity index (χ0) is 18.6. The van der Waals surface area contributed by atoms with Gasteiger partial charge in [-0.3, -0.25) is 4.79 Å². The van der Waals surface area contributed by atoms with E-state index in [4.69, 9.17) is 0 Å². The second kappa shape index (κ2) is 8.24. The van der Waals surface area contributed by atoms with Crippen LogP contribution in [0.3, 0.4) is 0 Å². The minimum atomic E-state index is 0.144. The summed E-state index contributed by atoms with van der Waals surface area (Å²) in [5, 5.41) is 3.11. The molecule has 2 aromatic rings. The van der Waals surface area contributed by atoms with Crippen LogP contribution in [0.4, 0.5) is 5.69 Å². The number of hydrogen-bond acceptors (Lipinski definition) is 1. The van der Waals surface area contributed by atoms with Crippen molar-refractivity contribution in [3.8, 4) is 0 Å². The smallest absolute Gasteiger partial charge is 0.279 e. The van der Waals surface area contributed by atoms with Crippen LogP contribution in [0.1, 0.15) is 28.7 Å². The molecule has 4 nitrogen and oxygen atoms in total. The van der Waals surface area contributed by atoms with Gasteiger partial charge in [-0.1, -0.05) is 30.3 Å². The van der Waals surface area contributed by atoms with Gasteiger partial charge in [0.05, 0.1) is 0 Å². The molecule has 1 fully saturated rings. The average molecular weight is 366 g/mol. The standard InChI is InChI=1S/C23H29N3O/c1-18-5-2-3-6-21(18)16-25-11-13-26(14-12-25)17-23(27)24-22-10-9-19-7-4-8-20(19)15-22/h2-3,5-6,9-10,15H,4,7-8,11-14,16-17H2,1H3,(H,24,27)/p+2. The number of aryl methyl sites for hydroxylation is 3. The molecular weight excluding hydrogens is 334 g/mol. The lowest BCUT2D eigenvalue weighted by molar-refractivity contribution is -1.02.